The van der Waals surface area contributed by atoms with E-state index in [1.54, 1.807) is 12.1 Å². The van der Waals surface area contributed by atoms with Crippen LogP contribution >= 0.6 is 0 Å². The van der Waals surface area contributed by atoms with Gasteiger partial charge in [-0.25, -0.2) is 0 Å². The largest absolute Gasteiger partial charge is 0.508 e. The van der Waals surface area contributed by atoms with Crippen LogP contribution in [0.5, 0.6) is 5.75 Å². The number of benzene rings is 2. The smallest absolute Gasteiger partial charge is 0.255 e. The molecule has 1 aliphatic heterocycles. The van der Waals surface area contributed by atoms with Gasteiger partial charge in [-0.05, 0) is 35.7 Å². The van der Waals surface area contributed by atoms with Crippen LogP contribution in [0.4, 0.5) is 0 Å². The van der Waals surface area contributed by atoms with E-state index in [1.807, 2.05) is 41.3 Å². The van der Waals surface area contributed by atoms with Gasteiger partial charge < -0.3 is 10.0 Å². The average molecular weight is 309 g/mol. The molecule has 0 spiro atoms. The second kappa shape index (κ2) is 6.86. The van der Waals surface area contributed by atoms with Crippen LogP contribution in [0.2, 0.25) is 0 Å². The quantitative estimate of drug-likeness (QED) is 0.797. The van der Waals surface area contributed by atoms with Crippen molar-refractivity contribution in [1.29, 1.82) is 0 Å². The number of phenolic OH excluding ortho intramolecular Hbond substituents is 1. The Morgan fingerprint density at radius 3 is 2.48 bits per heavy atom. The maximum atomic E-state index is 12.8. The lowest BCUT2D eigenvalue weighted by Crippen LogP contribution is -2.29. The third-order valence-corrected chi connectivity index (χ3v) is 4.52. The highest BCUT2D eigenvalue weighted by atomic mass is 16.3. The van der Waals surface area contributed by atoms with Crippen molar-refractivity contribution in [2.75, 3.05) is 6.54 Å². The molecule has 0 radical (unpaired) electrons. The molecular formula is C20H23NO2. The Labute approximate surface area is 137 Å². The van der Waals surface area contributed by atoms with Gasteiger partial charge in [0, 0.05) is 12.1 Å². The summed E-state index contributed by atoms with van der Waals surface area (Å²) in [5, 5.41) is 9.53. The summed E-state index contributed by atoms with van der Waals surface area (Å²) in [7, 11) is 0. The first-order valence-electron chi connectivity index (χ1n) is 8.41. The van der Waals surface area contributed by atoms with E-state index in [0.29, 0.717) is 0 Å². The molecule has 3 nitrogen and oxygen atoms in total. The molecule has 120 valence electrons. The number of amides is 1. The number of carbonyl (C=O) groups is 1. The van der Waals surface area contributed by atoms with E-state index in [1.165, 1.54) is 12.8 Å². The normalized spacial score (nSPS) is 16.7. The summed E-state index contributed by atoms with van der Waals surface area (Å²) in [4.78, 5) is 14.8. The summed E-state index contributed by atoms with van der Waals surface area (Å²) in [6.45, 7) is 2.97. The molecular weight excluding hydrogens is 286 g/mol. The summed E-state index contributed by atoms with van der Waals surface area (Å²) in [6.07, 6.45) is 4.58. The van der Waals surface area contributed by atoms with Crippen molar-refractivity contribution >= 4 is 5.91 Å². The van der Waals surface area contributed by atoms with E-state index in [0.717, 1.165) is 36.1 Å². The molecule has 0 bridgehead atoms. The van der Waals surface area contributed by atoms with Crippen molar-refractivity contribution in [1.82, 2.24) is 4.90 Å². The van der Waals surface area contributed by atoms with Crippen molar-refractivity contribution in [3.63, 3.8) is 0 Å². The average Bonchev–Trinajstić information content (AvgIpc) is 2.85. The zero-order valence-corrected chi connectivity index (χ0v) is 13.5. The molecule has 0 saturated heterocycles. The van der Waals surface area contributed by atoms with E-state index in [4.69, 9.17) is 0 Å². The molecule has 3 rings (SSSR count). The number of phenols is 1. The molecule has 2 aromatic rings. The standard InChI is InChI=1S/C20H23NO2/c1-2-3-4-7-14-21-19(15-10-12-16(22)13-11-15)17-8-5-6-9-18(17)20(21)23/h5-6,8-13,19,22H,2-4,7,14H2,1H3/t19-/m0/s1. The molecule has 1 atom stereocenters. The molecule has 0 fully saturated rings. The van der Waals surface area contributed by atoms with Gasteiger partial charge in [0.05, 0.1) is 6.04 Å². The fraction of sp³-hybridized carbons (Fsp3) is 0.350. The summed E-state index contributed by atoms with van der Waals surface area (Å²) in [5.74, 6) is 0.371. The molecule has 0 aromatic heterocycles. The molecule has 1 N–H and O–H groups in total. The molecule has 2 aromatic carbocycles. The lowest BCUT2D eigenvalue weighted by atomic mass is 9.98. The number of nitrogens with zero attached hydrogens (tertiary/aromatic N) is 1. The van der Waals surface area contributed by atoms with Crippen LogP contribution in [-0.4, -0.2) is 22.5 Å². The Kier molecular flexibility index (Phi) is 4.65. The predicted octanol–water partition coefficient (Wildman–Crippen LogP) is 4.52. The van der Waals surface area contributed by atoms with Crippen molar-refractivity contribution in [2.24, 2.45) is 0 Å². The van der Waals surface area contributed by atoms with Crippen LogP contribution in [0, 0.1) is 0 Å². The molecule has 1 heterocycles. The van der Waals surface area contributed by atoms with Gasteiger partial charge in [-0.3, -0.25) is 4.79 Å². The van der Waals surface area contributed by atoms with Crippen molar-refractivity contribution < 1.29 is 9.90 Å². The summed E-state index contributed by atoms with van der Waals surface area (Å²) in [5.41, 5.74) is 2.93. The number of unbranched alkanes of at least 4 members (excludes halogenated alkanes) is 3. The third-order valence-electron chi connectivity index (χ3n) is 4.52. The Morgan fingerprint density at radius 2 is 1.74 bits per heavy atom. The predicted molar refractivity (Wildman–Crippen MR) is 91.6 cm³/mol. The van der Waals surface area contributed by atoms with Crippen molar-refractivity contribution in [3.8, 4) is 5.75 Å². The Balaban J connectivity index is 1.90. The summed E-state index contributed by atoms with van der Waals surface area (Å²) in [6, 6.07) is 15.0. The van der Waals surface area contributed by atoms with Gasteiger partial charge in [0.25, 0.3) is 5.91 Å². The fourth-order valence-electron chi connectivity index (χ4n) is 3.33. The number of hydrogen-bond acceptors (Lipinski definition) is 2. The zero-order chi connectivity index (χ0) is 16.2. The summed E-state index contributed by atoms with van der Waals surface area (Å²) < 4.78 is 0. The highest BCUT2D eigenvalue weighted by Crippen LogP contribution is 2.38. The first kappa shape index (κ1) is 15.6. The van der Waals surface area contributed by atoms with Crippen molar-refractivity contribution in [2.45, 2.75) is 38.6 Å². The summed E-state index contributed by atoms with van der Waals surface area (Å²) >= 11 is 0. The van der Waals surface area contributed by atoms with E-state index in [2.05, 4.69) is 6.92 Å². The van der Waals surface area contributed by atoms with Gasteiger partial charge >= 0.3 is 0 Å². The van der Waals surface area contributed by atoms with Gasteiger partial charge in [-0.15, -0.1) is 0 Å². The number of carbonyl (C=O) groups excluding carboxylic acids is 1. The SMILES string of the molecule is CCCCCCN1C(=O)c2ccccc2[C@@H]1c1ccc(O)cc1. The van der Waals surface area contributed by atoms with E-state index < -0.39 is 0 Å². The second-order valence-corrected chi connectivity index (χ2v) is 6.14. The van der Waals surface area contributed by atoms with Gasteiger partial charge in [0.15, 0.2) is 0 Å². The molecule has 0 unspecified atom stereocenters. The van der Waals surface area contributed by atoms with Crippen molar-refractivity contribution in [3.05, 3.63) is 65.2 Å². The Hall–Kier alpha value is -2.29. The lowest BCUT2D eigenvalue weighted by molar-refractivity contribution is 0.0746. The minimum absolute atomic E-state index is 0.0408. The number of rotatable bonds is 6. The third kappa shape index (κ3) is 3.09. The first-order chi connectivity index (χ1) is 11.2. The molecule has 3 heteroatoms. The maximum absolute atomic E-state index is 12.8. The van der Waals surface area contributed by atoms with Gasteiger partial charge in [-0.1, -0.05) is 56.5 Å². The molecule has 0 aliphatic carbocycles. The number of aromatic hydroxyl groups is 1. The van der Waals surface area contributed by atoms with Crippen LogP contribution < -0.4 is 0 Å². The van der Waals surface area contributed by atoms with E-state index in [9.17, 15) is 9.90 Å². The van der Waals surface area contributed by atoms with E-state index in [-0.39, 0.29) is 17.7 Å². The topological polar surface area (TPSA) is 40.5 Å². The van der Waals surface area contributed by atoms with Gasteiger partial charge in [-0.2, -0.15) is 0 Å². The van der Waals surface area contributed by atoms with Gasteiger partial charge in [0.1, 0.15) is 5.75 Å². The van der Waals surface area contributed by atoms with Crippen LogP contribution in [0.1, 0.15) is 60.1 Å². The highest BCUT2D eigenvalue weighted by molar-refractivity contribution is 5.99. The minimum atomic E-state index is -0.0408. The fourth-order valence-corrected chi connectivity index (χ4v) is 3.33. The molecule has 23 heavy (non-hydrogen) atoms. The Morgan fingerprint density at radius 1 is 1.00 bits per heavy atom. The first-order valence-corrected chi connectivity index (χ1v) is 8.41. The second-order valence-electron chi connectivity index (χ2n) is 6.14. The molecule has 0 saturated carbocycles. The van der Waals surface area contributed by atoms with Crippen LogP contribution in [0.25, 0.3) is 0 Å². The van der Waals surface area contributed by atoms with Crippen LogP contribution in [-0.2, 0) is 0 Å². The lowest BCUT2D eigenvalue weighted by Gasteiger charge is -2.26. The highest BCUT2D eigenvalue weighted by Gasteiger charge is 2.36. The maximum Gasteiger partial charge on any atom is 0.255 e. The minimum Gasteiger partial charge on any atom is -0.508 e. The van der Waals surface area contributed by atoms with Crippen LogP contribution in [0.3, 0.4) is 0 Å². The Bertz CT molecular complexity index is 678. The molecule has 1 amide bonds. The number of fused-ring (bicyclic) bond motifs is 1. The zero-order valence-electron chi connectivity index (χ0n) is 13.5. The van der Waals surface area contributed by atoms with E-state index >= 15 is 0 Å². The molecule has 1 aliphatic rings. The monoisotopic (exact) mass is 309 g/mol. The van der Waals surface area contributed by atoms with Crippen LogP contribution in [0.15, 0.2) is 48.5 Å². The van der Waals surface area contributed by atoms with Gasteiger partial charge in [0.2, 0.25) is 0 Å². The number of hydrogen-bond donors (Lipinski definition) is 1.